The van der Waals surface area contributed by atoms with E-state index < -0.39 is 0 Å². The average Bonchev–Trinajstić information content (AvgIpc) is 3.02. The number of benzene rings is 1. The smallest absolute Gasteiger partial charge is 0.226 e. The molecule has 5 nitrogen and oxygen atoms in total. The molecular formula is C21H29N3O2S. The van der Waals surface area contributed by atoms with Crippen LogP contribution in [0.2, 0.25) is 0 Å². The number of carbonyl (C=O) groups is 2. The first-order chi connectivity index (χ1) is 13.0. The molecule has 1 aromatic carbocycles. The molecule has 6 heteroatoms. The normalized spacial score (nSPS) is 10.6. The minimum Gasteiger partial charge on any atom is -0.343 e. The molecule has 0 spiro atoms. The molecule has 0 aliphatic heterocycles. The van der Waals surface area contributed by atoms with Crippen molar-refractivity contribution in [3.8, 4) is 10.4 Å². The summed E-state index contributed by atoms with van der Waals surface area (Å²) < 4.78 is 0. The zero-order valence-corrected chi connectivity index (χ0v) is 17.3. The zero-order valence-electron chi connectivity index (χ0n) is 16.5. The lowest BCUT2D eigenvalue weighted by atomic mass is 10.2. The summed E-state index contributed by atoms with van der Waals surface area (Å²) in [6, 6.07) is 10.0. The second-order valence-corrected chi connectivity index (χ2v) is 7.58. The summed E-state index contributed by atoms with van der Waals surface area (Å²) in [6.45, 7) is 7.68. The number of thiazole rings is 1. The van der Waals surface area contributed by atoms with Crippen molar-refractivity contribution in [1.82, 2.24) is 9.88 Å². The molecule has 0 aliphatic carbocycles. The van der Waals surface area contributed by atoms with Crippen molar-refractivity contribution in [3.63, 3.8) is 0 Å². The van der Waals surface area contributed by atoms with Crippen molar-refractivity contribution < 1.29 is 9.59 Å². The highest BCUT2D eigenvalue weighted by Gasteiger charge is 2.14. The third-order valence-electron chi connectivity index (χ3n) is 4.21. The van der Waals surface area contributed by atoms with Crippen LogP contribution in [0.15, 0.2) is 30.3 Å². The van der Waals surface area contributed by atoms with Crippen molar-refractivity contribution in [1.29, 1.82) is 0 Å². The van der Waals surface area contributed by atoms with E-state index in [1.54, 1.807) is 0 Å². The van der Waals surface area contributed by atoms with Gasteiger partial charge in [-0.25, -0.2) is 4.98 Å². The van der Waals surface area contributed by atoms with Gasteiger partial charge in [0.05, 0.1) is 10.6 Å². The van der Waals surface area contributed by atoms with Crippen molar-refractivity contribution in [2.45, 2.75) is 52.9 Å². The van der Waals surface area contributed by atoms with Crippen LogP contribution in [0, 0.1) is 6.92 Å². The molecule has 0 saturated heterocycles. The number of aromatic nitrogens is 1. The van der Waals surface area contributed by atoms with Gasteiger partial charge in [0, 0.05) is 25.9 Å². The average molecular weight is 388 g/mol. The van der Waals surface area contributed by atoms with E-state index in [0.717, 1.165) is 42.1 Å². The van der Waals surface area contributed by atoms with Crippen molar-refractivity contribution in [2.75, 3.05) is 18.4 Å². The summed E-state index contributed by atoms with van der Waals surface area (Å²) in [5.74, 6) is 0.0525. The van der Waals surface area contributed by atoms with Gasteiger partial charge in [-0.15, -0.1) is 0 Å². The predicted molar refractivity (Wildman–Crippen MR) is 112 cm³/mol. The Balaban J connectivity index is 1.83. The van der Waals surface area contributed by atoms with E-state index in [1.807, 2.05) is 42.2 Å². The quantitative estimate of drug-likeness (QED) is 0.632. The third kappa shape index (κ3) is 6.47. The standard InChI is InChI=1S/C21H29N3O2S/c1-4-14-24(15-5-2)19(26)13-9-12-18(25)23-21-22-16(3)20(27-21)17-10-7-6-8-11-17/h6-8,10-11H,4-5,9,12-15H2,1-3H3,(H,22,23,25). The van der Waals surface area contributed by atoms with Crippen LogP contribution in [0.3, 0.4) is 0 Å². The second kappa shape index (κ2) is 10.8. The summed E-state index contributed by atoms with van der Waals surface area (Å²) in [6.07, 6.45) is 3.22. The molecule has 0 fully saturated rings. The summed E-state index contributed by atoms with van der Waals surface area (Å²) in [5, 5.41) is 3.48. The van der Waals surface area contributed by atoms with Gasteiger partial charge in [0.15, 0.2) is 5.13 Å². The topological polar surface area (TPSA) is 62.3 Å². The maximum atomic E-state index is 12.3. The number of hydrogen-bond donors (Lipinski definition) is 1. The lowest BCUT2D eigenvalue weighted by Gasteiger charge is -2.21. The molecule has 0 bridgehead atoms. The van der Waals surface area contributed by atoms with Gasteiger partial charge < -0.3 is 10.2 Å². The summed E-state index contributed by atoms with van der Waals surface area (Å²) in [5.41, 5.74) is 2.01. The molecule has 146 valence electrons. The van der Waals surface area contributed by atoms with Crippen LogP contribution >= 0.6 is 11.3 Å². The molecule has 0 unspecified atom stereocenters. The Bertz CT molecular complexity index is 737. The van der Waals surface area contributed by atoms with Gasteiger partial charge >= 0.3 is 0 Å². The number of amides is 2. The Labute approximate surface area is 165 Å². The van der Waals surface area contributed by atoms with Gasteiger partial charge in [0.25, 0.3) is 0 Å². The predicted octanol–water partition coefficient (Wildman–Crippen LogP) is 4.88. The van der Waals surface area contributed by atoms with Gasteiger partial charge in [-0.2, -0.15) is 0 Å². The Morgan fingerprint density at radius 3 is 2.37 bits per heavy atom. The van der Waals surface area contributed by atoms with Crippen LogP contribution in [0.1, 0.15) is 51.6 Å². The number of aryl methyl sites for hydroxylation is 1. The molecule has 1 aromatic heterocycles. The number of nitrogens with one attached hydrogen (secondary N) is 1. The maximum absolute atomic E-state index is 12.3. The highest BCUT2D eigenvalue weighted by atomic mass is 32.1. The van der Waals surface area contributed by atoms with Crippen LogP contribution in [0.5, 0.6) is 0 Å². The summed E-state index contributed by atoms with van der Waals surface area (Å²) in [7, 11) is 0. The molecule has 0 radical (unpaired) electrons. The van der Waals surface area contributed by atoms with Crippen molar-refractivity contribution in [3.05, 3.63) is 36.0 Å². The van der Waals surface area contributed by atoms with E-state index in [0.29, 0.717) is 24.4 Å². The summed E-state index contributed by atoms with van der Waals surface area (Å²) >= 11 is 1.48. The highest BCUT2D eigenvalue weighted by molar-refractivity contribution is 7.19. The van der Waals surface area contributed by atoms with Gasteiger partial charge in [-0.1, -0.05) is 55.5 Å². The maximum Gasteiger partial charge on any atom is 0.226 e. The fraction of sp³-hybridized carbons (Fsp3) is 0.476. The Morgan fingerprint density at radius 1 is 1.07 bits per heavy atom. The van der Waals surface area contributed by atoms with Crippen LogP contribution in [-0.2, 0) is 9.59 Å². The van der Waals surface area contributed by atoms with E-state index in [1.165, 1.54) is 11.3 Å². The van der Waals surface area contributed by atoms with E-state index in [9.17, 15) is 9.59 Å². The monoisotopic (exact) mass is 387 g/mol. The van der Waals surface area contributed by atoms with E-state index >= 15 is 0 Å². The largest absolute Gasteiger partial charge is 0.343 e. The van der Waals surface area contributed by atoms with Crippen molar-refractivity contribution >= 4 is 28.3 Å². The van der Waals surface area contributed by atoms with Crippen LogP contribution < -0.4 is 5.32 Å². The van der Waals surface area contributed by atoms with Gasteiger partial charge in [-0.05, 0) is 31.7 Å². The van der Waals surface area contributed by atoms with Gasteiger partial charge in [0.2, 0.25) is 11.8 Å². The number of anilines is 1. The van der Waals surface area contributed by atoms with Crippen LogP contribution in [0.25, 0.3) is 10.4 Å². The first kappa shape index (κ1) is 21.1. The number of nitrogens with zero attached hydrogens (tertiary/aromatic N) is 2. The Kier molecular flexibility index (Phi) is 8.45. The van der Waals surface area contributed by atoms with Gasteiger partial charge in [0.1, 0.15) is 0 Å². The number of hydrogen-bond acceptors (Lipinski definition) is 4. The Hall–Kier alpha value is -2.21. The molecule has 2 amide bonds. The zero-order chi connectivity index (χ0) is 19.6. The first-order valence-corrected chi connectivity index (χ1v) is 10.5. The first-order valence-electron chi connectivity index (χ1n) is 9.65. The van der Waals surface area contributed by atoms with E-state index in [4.69, 9.17) is 0 Å². The highest BCUT2D eigenvalue weighted by Crippen LogP contribution is 2.32. The minimum atomic E-state index is -0.0892. The number of carbonyl (C=O) groups excluding carboxylic acids is 2. The molecule has 1 N–H and O–H groups in total. The van der Waals surface area contributed by atoms with E-state index in [-0.39, 0.29) is 11.8 Å². The fourth-order valence-corrected chi connectivity index (χ4v) is 3.94. The molecule has 0 atom stereocenters. The molecule has 0 saturated carbocycles. The lowest BCUT2D eigenvalue weighted by Crippen LogP contribution is -2.32. The minimum absolute atomic E-state index is 0.0892. The molecule has 2 rings (SSSR count). The lowest BCUT2D eigenvalue weighted by molar-refractivity contribution is -0.131. The van der Waals surface area contributed by atoms with Gasteiger partial charge in [-0.3, -0.25) is 9.59 Å². The fourth-order valence-electron chi connectivity index (χ4n) is 2.95. The Morgan fingerprint density at radius 2 is 1.74 bits per heavy atom. The third-order valence-corrected chi connectivity index (χ3v) is 5.34. The summed E-state index contributed by atoms with van der Waals surface area (Å²) in [4.78, 5) is 31.9. The number of rotatable bonds is 10. The van der Waals surface area contributed by atoms with Crippen LogP contribution in [0.4, 0.5) is 5.13 Å². The van der Waals surface area contributed by atoms with E-state index in [2.05, 4.69) is 24.1 Å². The molecule has 27 heavy (non-hydrogen) atoms. The molecular weight excluding hydrogens is 358 g/mol. The van der Waals surface area contributed by atoms with Crippen molar-refractivity contribution in [2.24, 2.45) is 0 Å². The second-order valence-electron chi connectivity index (χ2n) is 6.58. The molecule has 0 aliphatic rings. The van der Waals surface area contributed by atoms with Crippen LogP contribution in [-0.4, -0.2) is 34.8 Å². The molecule has 1 heterocycles. The molecule has 2 aromatic rings. The SMILES string of the molecule is CCCN(CCC)C(=O)CCCC(=O)Nc1nc(C)c(-c2ccccc2)s1.